The molecular weight excluding hydrogens is 224 g/mol. The maximum Gasteiger partial charge on any atom is 0.241 e. The molecule has 1 fully saturated rings. The summed E-state index contributed by atoms with van der Waals surface area (Å²) >= 11 is 6.01. The van der Waals surface area contributed by atoms with Gasteiger partial charge < -0.3 is 10.6 Å². The van der Waals surface area contributed by atoms with Crippen molar-refractivity contribution in [3.8, 4) is 0 Å². The zero-order valence-corrected chi connectivity index (χ0v) is 9.97. The number of halogens is 1. The summed E-state index contributed by atoms with van der Waals surface area (Å²) in [6, 6.07) is 5.53. The number of carbonyl (C=O) groups is 1. The zero-order valence-electron chi connectivity index (χ0n) is 9.22. The standard InChI is InChI=1S/C12H15ClN2O/c1-8-4-5-9(13)11(7-8)15-12(16)10-3-2-6-14-10/h4-5,7,10,14H,2-3,6H2,1H3,(H,15,16). The molecule has 2 rings (SSSR count). The molecule has 1 aliphatic heterocycles. The van der Waals surface area contributed by atoms with Crippen molar-refractivity contribution in [2.45, 2.75) is 25.8 Å². The molecule has 1 heterocycles. The summed E-state index contributed by atoms with van der Waals surface area (Å²) in [5, 5.41) is 6.60. The van der Waals surface area contributed by atoms with Crippen molar-refractivity contribution in [1.29, 1.82) is 0 Å². The van der Waals surface area contributed by atoms with Crippen molar-refractivity contribution >= 4 is 23.2 Å². The smallest absolute Gasteiger partial charge is 0.241 e. The number of rotatable bonds is 2. The van der Waals surface area contributed by atoms with Gasteiger partial charge in [-0.15, -0.1) is 0 Å². The summed E-state index contributed by atoms with van der Waals surface area (Å²) in [6.45, 7) is 2.89. The SMILES string of the molecule is Cc1ccc(Cl)c(NC(=O)C2CCCN2)c1. The zero-order chi connectivity index (χ0) is 11.5. The van der Waals surface area contributed by atoms with Crippen molar-refractivity contribution in [3.05, 3.63) is 28.8 Å². The van der Waals surface area contributed by atoms with Crippen molar-refractivity contribution in [2.75, 3.05) is 11.9 Å². The third-order valence-corrected chi connectivity index (χ3v) is 3.09. The van der Waals surface area contributed by atoms with Gasteiger partial charge in [-0.1, -0.05) is 17.7 Å². The van der Waals surface area contributed by atoms with Gasteiger partial charge in [0.05, 0.1) is 16.8 Å². The van der Waals surface area contributed by atoms with E-state index in [9.17, 15) is 4.79 Å². The Morgan fingerprint density at radius 1 is 1.56 bits per heavy atom. The van der Waals surface area contributed by atoms with Crippen LogP contribution in [0.15, 0.2) is 18.2 Å². The fourth-order valence-corrected chi connectivity index (χ4v) is 2.03. The average Bonchev–Trinajstić information content (AvgIpc) is 2.76. The minimum absolute atomic E-state index is 0.00463. The first-order valence-corrected chi connectivity index (χ1v) is 5.85. The molecule has 1 aromatic carbocycles. The second-order valence-electron chi connectivity index (χ2n) is 4.12. The fourth-order valence-electron chi connectivity index (χ4n) is 1.86. The summed E-state index contributed by atoms with van der Waals surface area (Å²) in [5.74, 6) is 0.00463. The van der Waals surface area contributed by atoms with Crippen LogP contribution in [0.5, 0.6) is 0 Å². The normalized spacial score (nSPS) is 19.8. The van der Waals surface area contributed by atoms with Crippen LogP contribution in [0.1, 0.15) is 18.4 Å². The molecule has 1 saturated heterocycles. The van der Waals surface area contributed by atoms with Crippen molar-refractivity contribution in [3.63, 3.8) is 0 Å². The Kier molecular flexibility index (Phi) is 3.46. The Labute approximate surface area is 100 Å². The quantitative estimate of drug-likeness (QED) is 0.831. The molecule has 16 heavy (non-hydrogen) atoms. The summed E-state index contributed by atoms with van der Waals surface area (Å²) in [6.07, 6.45) is 1.95. The molecule has 1 aliphatic rings. The van der Waals surface area contributed by atoms with Crippen LogP contribution in [0.2, 0.25) is 5.02 Å². The van der Waals surface area contributed by atoms with Crippen LogP contribution >= 0.6 is 11.6 Å². The van der Waals surface area contributed by atoms with Gasteiger partial charge in [0.1, 0.15) is 0 Å². The van der Waals surface area contributed by atoms with E-state index in [-0.39, 0.29) is 11.9 Å². The van der Waals surface area contributed by atoms with Gasteiger partial charge >= 0.3 is 0 Å². The minimum Gasteiger partial charge on any atom is -0.323 e. The molecular formula is C12H15ClN2O. The highest BCUT2D eigenvalue weighted by atomic mass is 35.5. The molecule has 0 radical (unpaired) electrons. The van der Waals surface area contributed by atoms with E-state index < -0.39 is 0 Å². The van der Waals surface area contributed by atoms with Crippen LogP contribution in [0.25, 0.3) is 0 Å². The van der Waals surface area contributed by atoms with Crippen molar-refractivity contribution in [1.82, 2.24) is 5.32 Å². The maximum atomic E-state index is 11.8. The van der Waals surface area contributed by atoms with Gasteiger partial charge in [-0.2, -0.15) is 0 Å². The van der Waals surface area contributed by atoms with Gasteiger partial charge in [-0.25, -0.2) is 0 Å². The molecule has 0 saturated carbocycles. The van der Waals surface area contributed by atoms with Crippen molar-refractivity contribution in [2.24, 2.45) is 0 Å². The maximum absolute atomic E-state index is 11.8. The molecule has 1 aromatic rings. The summed E-state index contributed by atoms with van der Waals surface area (Å²) in [7, 11) is 0. The fraction of sp³-hybridized carbons (Fsp3) is 0.417. The van der Waals surface area contributed by atoms with E-state index >= 15 is 0 Å². The van der Waals surface area contributed by atoms with E-state index in [4.69, 9.17) is 11.6 Å². The Morgan fingerprint density at radius 2 is 2.38 bits per heavy atom. The Balaban J connectivity index is 2.07. The number of anilines is 1. The summed E-state index contributed by atoms with van der Waals surface area (Å²) < 4.78 is 0. The predicted octanol–water partition coefficient (Wildman–Crippen LogP) is 2.34. The third-order valence-electron chi connectivity index (χ3n) is 2.76. The molecule has 2 N–H and O–H groups in total. The van der Waals surface area contributed by atoms with E-state index in [0.717, 1.165) is 24.9 Å². The highest BCUT2D eigenvalue weighted by molar-refractivity contribution is 6.33. The van der Waals surface area contributed by atoms with E-state index in [2.05, 4.69) is 10.6 Å². The Bertz CT molecular complexity index is 400. The third kappa shape index (κ3) is 2.54. The molecule has 0 bridgehead atoms. The van der Waals surface area contributed by atoms with Crippen molar-refractivity contribution < 1.29 is 4.79 Å². The highest BCUT2D eigenvalue weighted by Gasteiger charge is 2.22. The topological polar surface area (TPSA) is 41.1 Å². The van der Waals surface area contributed by atoms with Crippen LogP contribution < -0.4 is 10.6 Å². The molecule has 4 heteroatoms. The van der Waals surface area contributed by atoms with Crippen LogP contribution in [-0.2, 0) is 4.79 Å². The number of hydrogen-bond donors (Lipinski definition) is 2. The Morgan fingerprint density at radius 3 is 3.06 bits per heavy atom. The molecule has 1 unspecified atom stereocenters. The van der Waals surface area contributed by atoms with Gasteiger partial charge in [-0.3, -0.25) is 4.79 Å². The second kappa shape index (κ2) is 4.85. The lowest BCUT2D eigenvalue weighted by Gasteiger charge is -2.12. The number of carbonyl (C=O) groups excluding carboxylic acids is 1. The van der Waals surface area contributed by atoms with E-state index in [0.29, 0.717) is 10.7 Å². The predicted molar refractivity (Wildman–Crippen MR) is 65.8 cm³/mol. The van der Waals surface area contributed by atoms with Crippen LogP contribution in [0, 0.1) is 6.92 Å². The van der Waals surface area contributed by atoms with Gasteiger partial charge in [0.25, 0.3) is 0 Å². The Hall–Kier alpha value is -1.06. The monoisotopic (exact) mass is 238 g/mol. The van der Waals surface area contributed by atoms with E-state index in [1.54, 1.807) is 6.07 Å². The number of benzene rings is 1. The first kappa shape index (κ1) is 11.4. The number of hydrogen-bond acceptors (Lipinski definition) is 2. The molecule has 3 nitrogen and oxygen atoms in total. The van der Waals surface area contributed by atoms with Gasteiger partial charge in [-0.05, 0) is 44.0 Å². The van der Waals surface area contributed by atoms with Crippen LogP contribution in [-0.4, -0.2) is 18.5 Å². The molecule has 0 aliphatic carbocycles. The lowest BCUT2D eigenvalue weighted by Crippen LogP contribution is -2.35. The summed E-state index contributed by atoms with van der Waals surface area (Å²) in [5.41, 5.74) is 1.78. The van der Waals surface area contributed by atoms with Gasteiger partial charge in [0, 0.05) is 0 Å². The molecule has 0 spiro atoms. The molecule has 1 atom stereocenters. The lowest BCUT2D eigenvalue weighted by molar-refractivity contribution is -0.117. The number of amides is 1. The van der Waals surface area contributed by atoms with E-state index in [1.165, 1.54) is 0 Å². The number of nitrogens with one attached hydrogen (secondary N) is 2. The largest absolute Gasteiger partial charge is 0.323 e. The second-order valence-corrected chi connectivity index (χ2v) is 4.53. The van der Waals surface area contributed by atoms with Crippen LogP contribution in [0.3, 0.4) is 0 Å². The lowest BCUT2D eigenvalue weighted by atomic mass is 10.2. The van der Waals surface area contributed by atoms with E-state index in [1.807, 2.05) is 19.1 Å². The van der Waals surface area contributed by atoms with Gasteiger partial charge in [0.2, 0.25) is 5.91 Å². The highest BCUT2D eigenvalue weighted by Crippen LogP contribution is 2.23. The first-order valence-electron chi connectivity index (χ1n) is 5.47. The average molecular weight is 239 g/mol. The number of aryl methyl sites for hydroxylation is 1. The van der Waals surface area contributed by atoms with Gasteiger partial charge in [0.15, 0.2) is 0 Å². The first-order chi connectivity index (χ1) is 7.66. The minimum atomic E-state index is -0.0726. The molecule has 86 valence electrons. The van der Waals surface area contributed by atoms with Crippen LogP contribution in [0.4, 0.5) is 5.69 Å². The molecule has 0 aromatic heterocycles. The summed E-state index contributed by atoms with van der Waals surface area (Å²) in [4.78, 5) is 11.8. The molecule has 1 amide bonds.